The van der Waals surface area contributed by atoms with Gasteiger partial charge in [0.25, 0.3) is 0 Å². The van der Waals surface area contributed by atoms with E-state index in [-0.39, 0.29) is 6.42 Å². The minimum absolute atomic E-state index is 0.244. The molecule has 1 heterocycles. The molecule has 0 spiro atoms. The van der Waals surface area contributed by atoms with Crippen molar-refractivity contribution in [2.45, 2.75) is 38.7 Å². The Morgan fingerprint density at radius 3 is 2.38 bits per heavy atom. The Balaban J connectivity index is 0.000000396. The van der Waals surface area contributed by atoms with E-state index in [0.717, 1.165) is 5.56 Å². The van der Waals surface area contributed by atoms with Gasteiger partial charge < -0.3 is 26.2 Å². The number of carbonyl (C=O) groups is 2. The summed E-state index contributed by atoms with van der Waals surface area (Å²) in [6, 6.07) is 7.77. The number of hydrogen-bond acceptors (Lipinski definition) is 6. The molecule has 0 unspecified atom stereocenters. The van der Waals surface area contributed by atoms with Crippen molar-refractivity contribution in [1.29, 1.82) is 0 Å². The first kappa shape index (κ1) is 24.4. The quantitative estimate of drug-likeness (QED) is 0.421. The lowest BCUT2D eigenvalue weighted by Gasteiger charge is -2.21. The van der Waals surface area contributed by atoms with Gasteiger partial charge in [-0.2, -0.15) is 0 Å². The molecular weight excluding hydrogens is 375 g/mol. The first-order valence-corrected chi connectivity index (χ1v) is 9.34. The van der Waals surface area contributed by atoms with Gasteiger partial charge in [-0.25, -0.2) is 9.59 Å². The molecule has 1 aromatic carbocycles. The molecular formula is C19H29BN4O5. The SMILES string of the molecule is CC(C)C[C@H](N)B(O)O.O=C(O)[C@H](Cc1ccccc1)NC(=O)N1C=CN=CC1. The van der Waals surface area contributed by atoms with Crippen LogP contribution in [0.25, 0.3) is 0 Å². The molecule has 0 saturated heterocycles. The largest absolute Gasteiger partial charge is 0.480 e. The van der Waals surface area contributed by atoms with Crippen LogP contribution in [0, 0.1) is 5.92 Å². The number of nitrogens with two attached hydrogens (primary N) is 1. The molecule has 0 bridgehead atoms. The maximum absolute atomic E-state index is 11.9. The average molecular weight is 404 g/mol. The molecule has 9 nitrogen and oxygen atoms in total. The Bertz CT molecular complexity index is 697. The van der Waals surface area contributed by atoms with Crippen molar-refractivity contribution in [3.05, 3.63) is 48.3 Å². The third kappa shape index (κ3) is 9.88. The number of carboxylic acid groups (broad SMARTS) is 1. The molecule has 1 aliphatic heterocycles. The second kappa shape index (κ2) is 12.7. The molecule has 1 aliphatic rings. The maximum Gasteiger partial charge on any atom is 0.469 e. The van der Waals surface area contributed by atoms with Gasteiger partial charge in [0.1, 0.15) is 6.04 Å². The zero-order valence-electron chi connectivity index (χ0n) is 16.7. The number of benzene rings is 1. The van der Waals surface area contributed by atoms with Crippen LogP contribution < -0.4 is 11.1 Å². The summed E-state index contributed by atoms with van der Waals surface area (Å²) in [7, 11) is -1.37. The van der Waals surface area contributed by atoms with E-state index in [9.17, 15) is 14.7 Å². The van der Waals surface area contributed by atoms with Crippen molar-refractivity contribution in [3.8, 4) is 0 Å². The van der Waals surface area contributed by atoms with E-state index in [2.05, 4.69) is 10.3 Å². The zero-order chi connectivity index (χ0) is 21.8. The Hall–Kier alpha value is -2.69. The number of rotatable bonds is 7. The second-order valence-corrected chi connectivity index (χ2v) is 7.02. The topological polar surface area (TPSA) is 148 Å². The first-order valence-electron chi connectivity index (χ1n) is 9.34. The van der Waals surface area contributed by atoms with Gasteiger partial charge in [0, 0.05) is 31.0 Å². The monoisotopic (exact) mass is 404 g/mol. The molecule has 0 aromatic heterocycles. The molecule has 2 atom stereocenters. The predicted octanol–water partition coefficient (Wildman–Crippen LogP) is 0.621. The van der Waals surface area contributed by atoms with Crippen LogP contribution in [0.3, 0.4) is 0 Å². The summed E-state index contributed by atoms with van der Waals surface area (Å²) in [6.45, 7) is 4.31. The van der Waals surface area contributed by atoms with Gasteiger partial charge in [-0.3, -0.25) is 9.89 Å². The fourth-order valence-electron chi connectivity index (χ4n) is 2.47. The van der Waals surface area contributed by atoms with Crippen LogP contribution in [0.1, 0.15) is 25.8 Å². The molecule has 158 valence electrons. The predicted molar refractivity (Wildman–Crippen MR) is 112 cm³/mol. The molecule has 2 rings (SSSR count). The van der Waals surface area contributed by atoms with Crippen molar-refractivity contribution < 1.29 is 24.7 Å². The summed E-state index contributed by atoms with van der Waals surface area (Å²) in [5.74, 6) is -1.14. The van der Waals surface area contributed by atoms with E-state index in [0.29, 0.717) is 18.9 Å². The minimum atomic E-state index is -1.37. The number of nitrogens with zero attached hydrogens (tertiary/aromatic N) is 2. The normalized spacial score (nSPS) is 14.6. The van der Waals surface area contributed by atoms with Crippen LogP contribution in [0.4, 0.5) is 4.79 Å². The summed E-state index contributed by atoms with van der Waals surface area (Å²) in [5.41, 5.74) is 6.17. The van der Waals surface area contributed by atoms with E-state index in [1.54, 1.807) is 6.21 Å². The van der Waals surface area contributed by atoms with E-state index >= 15 is 0 Å². The van der Waals surface area contributed by atoms with Gasteiger partial charge in [-0.1, -0.05) is 44.2 Å². The third-order valence-electron chi connectivity index (χ3n) is 3.98. The number of carbonyl (C=O) groups excluding carboxylic acids is 1. The van der Waals surface area contributed by atoms with Crippen LogP contribution in [0.5, 0.6) is 0 Å². The van der Waals surface area contributed by atoms with Crippen molar-refractivity contribution in [2.75, 3.05) is 6.54 Å². The van der Waals surface area contributed by atoms with E-state index < -0.39 is 31.1 Å². The number of urea groups is 1. The fraction of sp³-hybridized carbons (Fsp3) is 0.421. The third-order valence-corrected chi connectivity index (χ3v) is 3.98. The Kier molecular flexibility index (Phi) is 10.7. The number of nitrogens with one attached hydrogen (secondary N) is 1. The summed E-state index contributed by atoms with van der Waals surface area (Å²) >= 11 is 0. The molecule has 0 radical (unpaired) electrons. The summed E-state index contributed by atoms with van der Waals surface area (Å²) in [5, 5.41) is 28.7. The van der Waals surface area contributed by atoms with Crippen molar-refractivity contribution in [2.24, 2.45) is 16.6 Å². The molecule has 6 N–H and O–H groups in total. The highest BCUT2D eigenvalue weighted by atomic mass is 16.4. The van der Waals surface area contributed by atoms with Crippen molar-refractivity contribution in [3.63, 3.8) is 0 Å². The molecule has 0 saturated carbocycles. The first-order chi connectivity index (χ1) is 13.7. The lowest BCUT2D eigenvalue weighted by Crippen LogP contribution is -2.48. The summed E-state index contributed by atoms with van der Waals surface area (Å²) in [6.07, 6.45) is 5.46. The minimum Gasteiger partial charge on any atom is -0.480 e. The number of amides is 2. The van der Waals surface area contributed by atoms with Gasteiger partial charge in [0.05, 0.1) is 6.54 Å². The highest BCUT2D eigenvalue weighted by molar-refractivity contribution is 6.43. The Labute approximate surface area is 171 Å². The average Bonchev–Trinajstić information content (AvgIpc) is 2.68. The Morgan fingerprint density at radius 1 is 1.28 bits per heavy atom. The van der Waals surface area contributed by atoms with Gasteiger partial charge in [0.15, 0.2) is 0 Å². The number of carboxylic acids is 1. The summed E-state index contributed by atoms with van der Waals surface area (Å²) in [4.78, 5) is 28.4. The van der Waals surface area contributed by atoms with Crippen LogP contribution >= 0.6 is 0 Å². The molecule has 0 fully saturated rings. The van der Waals surface area contributed by atoms with Crippen LogP contribution in [0.15, 0.2) is 47.7 Å². The Morgan fingerprint density at radius 2 is 1.93 bits per heavy atom. The van der Waals surface area contributed by atoms with Gasteiger partial charge in [-0.15, -0.1) is 0 Å². The van der Waals surface area contributed by atoms with Gasteiger partial charge >= 0.3 is 19.1 Å². The molecule has 0 aliphatic carbocycles. The number of hydrogen-bond donors (Lipinski definition) is 5. The molecule has 10 heteroatoms. The van der Waals surface area contributed by atoms with Gasteiger partial charge in [-0.05, 0) is 17.9 Å². The maximum atomic E-state index is 11.9. The van der Waals surface area contributed by atoms with Crippen molar-refractivity contribution in [1.82, 2.24) is 10.2 Å². The highest BCUT2D eigenvalue weighted by Gasteiger charge is 2.23. The number of aliphatic carboxylic acids is 1. The van der Waals surface area contributed by atoms with Crippen LogP contribution in [-0.4, -0.2) is 63.9 Å². The smallest absolute Gasteiger partial charge is 0.469 e. The summed E-state index contributed by atoms with van der Waals surface area (Å²) < 4.78 is 0. The van der Waals surface area contributed by atoms with E-state index in [1.165, 1.54) is 17.3 Å². The standard InChI is InChI=1S/C14H15N3O3.C5H14BNO2/c18-13(19)12(10-11-4-2-1-3-5-11)16-14(20)17-8-6-15-7-9-17;1-4(2)3-5(7)6(8)9/h1-8,12H,9-10H2,(H,16,20)(H,18,19);4-5,8-9H,3,7H2,1-2H3/t12-;5-/m00/s1. The zero-order valence-corrected chi connectivity index (χ0v) is 16.7. The molecule has 2 amide bonds. The lowest BCUT2D eigenvalue weighted by molar-refractivity contribution is -0.139. The highest BCUT2D eigenvalue weighted by Crippen LogP contribution is 2.05. The fourth-order valence-corrected chi connectivity index (χ4v) is 2.47. The molecule has 1 aromatic rings. The molecule has 29 heavy (non-hydrogen) atoms. The van der Waals surface area contributed by atoms with E-state index in [1.807, 2.05) is 44.2 Å². The second-order valence-electron chi connectivity index (χ2n) is 7.02. The van der Waals surface area contributed by atoms with Gasteiger partial charge in [0.2, 0.25) is 0 Å². The lowest BCUT2D eigenvalue weighted by atomic mass is 9.76. The van der Waals surface area contributed by atoms with Crippen molar-refractivity contribution >= 4 is 25.3 Å². The van der Waals surface area contributed by atoms with Crippen LogP contribution in [0.2, 0.25) is 0 Å². The van der Waals surface area contributed by atoms with E-state index in [4.69, 9.17) is 15.8 Å². The van der Waals surface area contributed by atoms with Crippen LogP contribution in [-0.2, 0) is 11.2 Å². The number of aliphatic imine (C=N–C) groups is 1.